The van der Waals surface area contributed by atoms with Gasteiger partial charge in [0.05, 0.1) is 35.8 Å². The highest BCUT2D eigenvalue weighted by molar-refractivity contribution is 7.91. The number of hydrogen-bond donors (Lipinski definition) is 2. The molecule has 2 atom stereocenters. The quantitative estimate of drug-likeness (QED) is 0.821. The molecule has 6 nitrogen and oxygen atoms in total. The molecule has 1 heterocycles. The van der Waals surface area contributed by atoms with Crippen LogP contribution in [0.4, 0.5) is 18.9 Å². The van der Waals surface area contributed by atoms with Crippen LogP contribution in [-0.4, -0.2) is 61.6 Å². The molecule has 1 saturated heterocycles. The lowest BCUT2D eigenvalue weighted by Gasteiger charge is -2.25. The number of amides is 1. The molecule has 1 aromatic rings. The number of benzene rings is 1. The molecule has 1 fully saturated rings. The van der Waals surface area contributed by atoms with Gasteiger partial charge < -0.3 is 10.4 Å². The number of rotatable bonds is 4. The third kappa shape index (κ3) is 4.68. The molecule has 0 aromatic heterocycles. The summed E-state index contributed by atoms with van der Waals surface area (Å²) in [7, 11) is -1.88. The maximum absolute atomic E-state index is 12.6. The Kier molecular flexibility index (Phi) is 5.21. The minimum absolute atomic E-state index is 0.0113. The van der Waals surface area contributed by atoms with Crippen molar-refractivity contribution in [3.63, 3.8) is 0 Å². The summed E-state index contributed by atoms with van der Waals surface area (Å²) in [5.41, 5.74) is -0.895. The van der Waals surface area contributed by atoms with E-state index in [0.717, 1.165) is 12.1 Å². The van der Waals surface area contributed by atoms with Gasteiger partial charge in [0.1, 0.15) is 0 Å². The van der Waals surface area contributed by atoms with Crippen molar-refractivity contribution < 1.29 is 31.5 Å². The summed E-state index contributed by atoms with van der Waals surface area (Å²) in [4.78, 5) is 13.3. The maximum atomic E-state index is 12.6. The van der Waals surface area contributed by atoms with Crippen LogP contribution in [0.1, 0.15) is 5.56 Å². The number of carbonyl (C=O) groups excluding carboxylic acids is 1. The minimum atomic E-state index is -4.51. The fourth-order valence-corrected chi connectivity index (χ4v) is 4.42. The number of likely N-dealkylation sites (N-methyl/N-ethyl adjacent to an activating group) is 1. The van der Waals surface area contributed by atoms with Gasteiger partial charge >= 0.3 is 6.18 Å². The van der Waals surface area contributed by atoms with Crippen LogP contribution in [0.15, 0.2) is 24.3 Å². The molecular formula is C14H17F3N2O4S. The van der Waals surface area contributed by atoms with Gasteiger partial charge in [0.2, 0.25) is 5.91 Å². The molecule has 2 unspecified atom stereocenters. The van der Waals surface area contributed by atoms with Gasteiger partial charge in [-0.2, -0.15) is 13.2 Å². The van der Waals surface area contributed by atoms with E-state index < -0.39 is 39.6 Å². The monoisotopic (exact) mass is 366 g/mol. The number of alkyl halides is 3. The van der Waals surface area contributed by atoms with E-state index in [4.69, 9.17) is 0 Å². The predicted molar refractivity (Wildman–Crippen MR) is 81.2 cm³/mol. The first-order valence-electron chi connectivity index (χ1n) is 7.04. The topological polar surface area (TPSA) is 86.7 Å². The second kappa shape index (κ2) is 6.69. The molecule has 0 saturated carbocycles. The van der Waals surface area contributed by atoms with E-state index in [2.05, 4.69) is 5.32 Å². The molecule has 2 rings (SSSR count). The van der Waals surface area contributed by atoms with E-state index in [1.54, 1.807) is 0 Å². The molecule has 1 aromatic carbocycles. The normalized spacial score (nSPS) is 23.4. The summed E-state index contributed by atoms with van der Waals surface area (Å²) in [6.07, 6.45) is -5.61. The molecule has 2 N–H and O–H groups in total. The zero-order valence-electron chi connectivity index (χ0n) is 12.7. The van der Waals surface area contributed by atoms with Crippen molar-refractivity contribution in [2.75, 3.05) is 30.4 Å². The molecule has 1 aliphatic rings. The Morgan fingerprint density at radius 2 is 2.04 bits per heavy atom. The van der Waals surface area contributed by atoms with Crippen LogP contribution in [-0.2, 0) is 20.8 Å². The van der Waals surface area contributed by atoms with Gasteiger partial charge in [-0.1, -0.05) is 6.07 Å². The van der Waals surface area contributed by atoms with Gasteiger partial charge in [-0.15, -0.1) is 0 Å². The third-order valence-corrected chi connectivity index (χ3v) is 5.43. The van der Waals surface area contributed by atoms with Gasteiger partial charge in [0.15, 0.2) is 9.84 Å². The summed E-state index contributed by atoms with van der Waals surface area (Å²) < 4.78 is 60.8. The number of anilines is 1. The fraction of sp³-hybridized carbons (Fsp3) is 0.500. The van der Waals surface area contributed by atoms with E-state index in [-0.39, 0.29) is 23.7 Å². The Balaban J connectivity index is 1.99. The summed E-state index contributed by atoms with van der Waals surface area (Å²) in [5, 5.41) is 12.1. The predicted octanol–water partition coefficient (Wildman–Crippen LogP) is 0.734. The molecule has 0 aliphatic carbocycles. The van der Waals surface area contributed by atoms with E-state index in [0.29, 0.717) is 0 Å². The van der Waals surface area contributed by atoms with Crippen LogP contribution < -0.4 is 5.32 Å². The average Bonchev–Trinajstić information content (AvgIpc) is 2.71. The molecular weight excluding hydrogens is 349 g/mol. The van der Waals surface area contributed by atoms with Crippen molar-refractivity contribution in [3.05, 3.63) is 29.8 Å². The smallest absolute Gasteiger partial charge is 0.390 e. The first kappa shape index (κ1) is 18.7. The summed E-state index contributed by atoms with van der Waals surface area (Å²) >= 11 is 0. The fourth-order valence-electron chi connectivity index (χ4n) is 2.55. The Labute approximate surface area is 137 Å². The number of sulfone groups is 1. The largest absolute Gasteiger partial charge is 0.416 e. The van der Waals surface area contributed by atoms with Crippen molar-refractivity contribution in [3.8, 4) is 0 Å². The van der Waals surface area contributed by atoms with Crippen LogP contribution in [0, 0.1) is 0 Å². The number of carbonyl (C=O) groups is 1. The number of nitrogens with zero attached hydrogens (tertiary/aromatic N) is 1. The zero-order valence-corrected chi connectivity index (χ0v) is 13.6. The minimum Gasteiger partial charge on any atom is -0.390 e. The van der Waals surface area contributed by atoms with Crippen molar-refractivity contribution in [1.29, 1.82) is 0 Å². The first-order chi connectivity index (χ1) is 11.0. The van der Waals surface area contributed by atoms with Gasteiger partial charge in [-0.3, -0.25) is 9.69 Å². The molecule has 24 heavy (non-hydrogen) atoms. The Morgan fingerprint density at radius 1 is 1.38 bits per heavy atom. The molecule has 0 spiro atoms. The highest BCUT2D eigenvalue weighted by Crippen LogP contribution is 2.30. The molecule has 1 aliphatic heterocycles. The summed E-state index contributed by atoms with van der Waals surface area (Å²) in [6.45, 7) is -0.256. The van der Waals surface area contributed by atoms with Crippen LogP contribution in [0.3, 0.4) is 0 Å². The number of aliphatic hydroxyl groups is 1. The van der Waals surface area contributed by atoms with E-state index in [9.17, 15) is 31.5 Å². The second-order valence-corrected chi connectivity index (χ2v) is 7.91. The summed E-state index contributed by atoms with van der Waals surface area (Å²) in [5.74, 6) is -1.23. The third-order valence-electron chi connectivity index (χ3n) is 3.73. The average molecular weight is 366 g/mol. The second-order valence-electron chi connectivity index (χ2n) is 5.75. The van der Waals surface area contributed by atoms with E-state index in [1.165, 1.54) is 24.1 Å². The van der Waals surface area contributed by atoms with E-state index >= 15 is 0 Å². The molecule has 0 radical (unpaired) electrons. The van der Waals surface area contributed by atoms with Gasteiger partial charge in [-0.25, -0.2) is 8.42 Å². The van der Waals surface area contributed by atoms with Gasteiger partial charge in [0.25, 0.3) is 0 Å². The maximum Gasteiger partial charge on any atom is 0.416 e. The van der Waals surface area contributed by atoms with Crippen molar-refractivity contribution in [2.24, 2.45) is 0 Å². The molecule has 1 amide bonds. The number of nitrogens with one attached hydrogen (secondary N) is 1. The number of halogens is 3. The van der Waals surface area contributed by atoms with Crippen molar-refractivity contribution in [2.45, 2.75) is 18.3 Å². The summed E-state index contributed by atoms with van der Waals surface area (Å²) in [6, 6.07) is 3.48. The molecule has 10 heteroatoms. The van der Waals surface area contributed by atoms with Crippen molar-refractivity contribution >= 4 is 21.4 Å². The molecule has 0 bridgehead atoms. The lowest BCUT2D eigenvalue weighted by molar-refractivity contribution is -0.137. The highest BCUT2D eigenvalue weighted by atomic mass is 32.2. The Hall–Kier alpha value is -1.65. The first-order valence-corrected chi connectivity index (χ1v) is 8.86. The standard InChI is InChI=1S/C14H17F3N2O4S/c1-19(11-7-24(22,23)8-12(11)20)6-13(21)18-10-4-2-3-9(5-10)14(15,16)17/h2-5,11-12,20H,6-8H2,1H3,(H,18,21). The van der Waals surface area contributed by atoms with Gasteiger partial charge in [-0.05, 0) is 25.2 Å². The van der Waals surface area contributed by atoms with Gasteiger partial charge in [0, 0.05) is 5.69 Å². The number of aliphatic hydroxyl groups excluding tert-OH is 1. The lowest BCUT2D eigenvalue weighted by atomic mass is 10.2. The highest BCUT2D eigenvalue weighted by Gasteiger charge is 2.39. The number of hydrogen-bond acceptors (Lipinski definition) is 5. The van der Waals surface area contributed by atoms with Crippen LogP contribution in [0.2, 0.25) is 0 Å². The Bertz CT molecular complexity index is 721. The SMILES string of the molecule is CN(CC(=O)Nc1cccc(C(F)(F)F)c1)C1CS(=O)(=O)CC1O. The van der Waals surface area contributed by atoms with Crippen LogP contribution >= 0.6 is 0 Å². The van der Waals surface area contributed by atoms with Crippen LogP contribution in [0.5, 0.6) is 0 Å². The Morgan fingerprint density at radius 3 is 2.58 bits per heavy atom. The molecule has 134 valence electrons. The lowest BCUT2D eigenvalue weighted by Crippen LogP contribution is -2.44. The zero-order chi connectivity index (χ0) is 18.1. The van der Waals surface area contributed by atoms with E-state index in [1.807, 2.05) is 0 Å². The van der Waals surface area contributed by atoms with Crippen LogP contribution in [0.25, 0.3) is 0 Å². The van der Waals surface area contributed by atoms with Crippen molar-refractivity contribution in [1.82, 2.24) is 4.90 Å².